The Morgan fingerprint density at radius 1 is 1.10 bits per heavy atom. The fourth-order valence-corrected chi connectivity index (χ4v) is 4.23. The molecule has 0 radical (unpaired) electrons. The smallest absolute Gasteiger partial charge is 0.251 e. The van der Waals surface area contributed by atoms with Crippen molar-refractivity contribution in [2.75, 3.05) is 20.6 Å². The second-order valence-corrected chi connectivity index (χ2v) is 9.58. The van der Waals surface area contributed by atoms with Crippen molar-refractivity contribution in [1.82, 2.24) is 14.5 Å². The third-order valence-corrected chi connectivity index (χ3v) is 6.89. The topological polar surface area (TPSA) is 111 Å². The van der Waals surface area contributed by atoms with Gasteiger partial charge in [0.2, 0.25) is 15.9 Å². The number of rotatable bonds is 8. The van der Waals surface area contributed by atoms with Gasteiger partial charge in [0, 0.05) is 32.2 Å². The van der Waals surface area contributed by atoms with Gasteiger partial charge in [0.25, 0.3) is 5.91 Å². The fraction of sp³-hybridized carbons (Fsp3) is 0.318. The van der Waals surface area contributed by atoms with E-state index in [0.717, 1.165) is 22.7 Å². The van der Waals surface area contributed by atoms with Gasteiger partial charge in [-0.1, -0.05) is 24.3 Å². The number of hydrogen-bond acceptors (Lipinski definition) is 5. The van der Waals surface area contributed by atoms with E-state index in [2.05, 4.69) is 5.32 Å². The van der Waals surface area contributed by atoms with E-state index in [9.17, 15) is 18.0 Å². The molecule has 0 spiro atoms. The molecule has 9 heteroatoms. The maximum Gasteiger partial charge on any atom is 0.251 e. The summed E-state index contributed by atoms with van der Waals surface area (Å²) in [5.41, 5.74) is 1.41. The SMILES string of the molecule is CN(Cc1ccc(C(=O)NC2CC2)cc1)C(=O)CN(C)S(=O)(=O)c1ccccc1C#N. The van der Waals surface area contributed by atoms with Gasteiger partial charge in [-0.15, -0.1) is 0 Å². The Hall–Kier alpha value is -3.22. The van der Waals surface area contributed by atoms with Crippen LogP contribution in [0.25, 0.3) is 0 Å². The molecule has 0 saturated heterocycles. The Labute approximate surface area is 182 Å². The number of amides is 2. The molecular weight excluding hydrogens is 416 g/mol. The molecule has 3 rings (SSSR count). The molecule has 1 N–H and O–H groups in total. The summed E-state index contributed by atoms with van der Waals surface area (Å²) in [6, 6.07) is 15.0. The van der Waals surface area contributed by atoms with E-state index in [4.69, 9.17) is 5.26 Å². The van der Waals surface area contributed by atoms with Crippen molar-refractivity contribution in [3.8, 4) is 6.07 Å². The standard InChI is InChI=1S/C22H24N4O4S/c1-25(14-16-7-9-17(10-8-16)22(28)24-19-11-12-19)21(27)15-26(2)31(29,30)20-6-4-3-5-18(20)13-23/h3-10,19H,11-12,14-15H2,1-2H3,(H,24,28). The average Bonchev–Trinajstić information content (AvgIpc) is 3.57. The van der Waals surface area contributed by atoms with Gasteiger partial charge < -0.3 is 10.2 Å². The van der Waals surface area contributed by atoms with Gasteiger partial charge in [0.1, 0.15) is 6.07 Å². The van der Waals surface area contributed by atoms with Crippen LogP contribution in [-0.2, 0) is 21.4 Å². The summed E-state index contributed by atoms with van der Waals surface area (Å²) in [7, 11) is -1.09. The maximum atomic E-state index is 12.8. The first-order valence-corrected chi connectivity index (χ1v) is 11.3. The highest BCUT2D eigenvalue weighted by molar-refractivity contribution is 7.89. The normalized spacial score (nSPS) is 13.5. The maximum absolute atomic E-state index is 12.8. The third-order valence-electron chi connectivity index (χ3n) is 5.03. The van der Waals surface area contributed by atoms with Crippen LogP contribution < -0.4 is 5.32 Å². The number of carbonyl (C=O) groups excluding carboxylic acids is 2. The van der Waals surface area contributed by atoms with Gasteiger partial charge >= 0.3 is 0 Å². The number of sulfonamides is 1. The summed E-state index contributed by atoms with van der Waals surface area (Å²) in [5.74, 6) is -0.501. The monoisotopic (exact) mass is 440 g/mol. The van der Waals surface area contributed by atoms with Crippen LogP contribution in [-0.4, -0.2) is 56.1 Å². The molecule has 31 heavy (non-hydrogen) atoms. The molecule has 0 bridgehead atoms. The van der Waals surface area contributed by atoms with Crippen molar-refractivity contribution in [3.05, 3.63) is 65.2 Å². The van der Waals surface area contributed by atoms with Gasteiger partial charge in [-0.05, 0) is 42.7 Å². The summed E-state index contributed by atoms with van der Waals surface area (Å²) < 4.78 is 26.5. The Morgan fingerprint density at radius 3 is 2.35 bits per heavy atom. The van der Waals surface area contributed by atoms with Crippen LogP contribution in [0.2, 0.25) is 0 Å². The van der Waals surface area contributed by atoms with E-state index in [1.54, 1.807) is 37.4 Å². The van der Waals surface area contributed by atoms with Crippen LogP contribution in [0.3, 0.4) is 0 Å². The number of benzene rings is 2. The molecule has 1 saturated carbocycles. The van der Waals surface area contributed by atoms with Crippen LogP contribution in [0.1, 0.15) is 34.3 Å². The van der Waals surface area contributed by atoms with Crippen LogP contribution in [0.15, 0.2) is 53.4 Å². The molecule has 2 aromatic rings. The Kier molecular flexibility index (Phi) is 6.73. The predicted octanol–water partition coefficient (Wildman–Crippen LogP) is 1.73. The molecule has 8 nitrogen and oxygen atoms in total. The van der Waals surface area contributed by atoms with Crippen LogP contribution >= 0.6 is 0 Å². The zero-order chi connectivity index (χ0) is 22.6. The first kappa shape index (κ1) is 22.5. The van der Waals surface area contributed by atoms with Crippen LogP contribution in [0.5, 0.6) is 0 Å². The lowest BCUT2D eigenvalue weighted by Crippen LogP contribution is -2.39. The Bertz CT molecular complexity index is 1120. The minimum Gasteiger partial charge on any atom is -0.349 e. The molecule has 2 aromatic carbocycles. The highest BCUT2D eigenvalue weighted by Crippen LogP contribution is 2.20. The minimum atomic E-state index is -3.98. The molecule has 0 aromatic heterocycles. The van der Waals surface area contributed by atoms with Crippen molar-refractivity contribution in [1.29, 1.82) is 5.26 Å². The molecule has 0 heterocycles. The molecule has 0 atom stereocenters. The molecule has 162 valence electrons. The molecule has 0 unspecified atom stereocenters. The number of likely N-dealkylation sites (N-methyl/N-ethyl adjacent to an activating group) is 2. The quantitative estimate of drug-likeness (QED) is 0.672. The summed E-state index contributed by atoms with van der Waals surface area (Å²) in [6.45, 7) is -0.0908. The minimum absolute atomic E-state index is 0.0287. The van der Waals surface area contributed by atoms with E-state index in [-0.39, 0.29) is 35.5 Å². The summed E-state index contributed by atoms with van der Waals surface area (Å²) in [4.78, 5) is 25.9. The first-order valence-electron chi connectivity index (χ1n) is 9.81. The molecule has 1 aliphatic carbocycles. The summed E-state index contributed by atoms with van der Waals surface area (Å²) in [5, 5.41) is 12.1. The fourth-order valence-electron chi connectivity index (χ4n) is 2.97. The Morgan fingerprint density at radius 2 is 1.74 bits per heavy atom. The number of hydrogen-bond donors (Lipinski definition) is 1. The zero-order valence-electron chi connectivity index (χ0n) is 17.4. The first-order chi connectivity index (χ1) is 14.7. The van der Waals surface area contributed by atoms with Crippen molar-refractivity contribution < 1.29 is 18.0 Å². The second-order valence-electron chi connectivity index (χ2n) is 7.56. The van der Waals surface area contributed by atoms with E-state index in [1.165, 1.54) is 30.1 Å². The lowest BCUT2D eigenvalue weighted by Gasteiger charge is -2.22. The van der Waals surface area contributed by atoms with Crippen molar-refractivity contribution in [2.45, 2.75) is 30.3 Å². The molecule has 1 aliphatic rings. The Balaban J connectivity index is 1.61. The third kappa shape index (κ3) is 5.48. The van der Waals surface area contributed by atoms with Crippen molar-refractivity contribution in [3.63, 3.8) is 0 Å². The lowest BCUT2D eigenvalue weighted by molar-refractivity contribution is -0.130. The molecule has 0 aliphatic heterocycles. The number of nitriles is 1. The van der Waals surface area contributed by atoms with Gasteiger partial charge in [0.15, 0.2) is 0 Å². The summed E-state index contributed by atoms with van der Waals surface area (Å²) >= 11 is 0. The lowest BCUT2D eigenvalue weighted by atomic mass is 10.1. The number of nitrogens with zero attached hydrogens (tertiary/aromatic N) is 3. The molecule has 1 fully saturated rings. The van der Waals surface area contributed by atoms with E-state index < -0.39 is 15.9 Å². The highest BCUT2D eigenvalue weighted by atomic mass is 32.2. The molecular formula is C22H24N4O4S. The second kappa shape index (κ2) is 9.29. The van der Waals surface area contributed by atoms with Crippen molar-refractivity contribution in [2.24, 2.45) is 0 Å². The van der Waals surface area contributed by atoms with E-state index in [0.29, 0.717) is 5.56 Å². The van der Waals surface area contributed by atoms with Crippen molar-refractivity contribution >= 4 is 21.8 Å². The van der Waals surface area contributed by atoms with Crippen LogP contribution in [0.4, 0.5) is 0 Å². The van der Waals surface area contributed by atoms with Gasteiger partial charge in [-0.3, -0.25) is 9.59 Å². The number of carbonyl (C=O) groups is 2. The van der Waals surface area contributed by atoms with Gasteiger partial charge in [0.05, 0.1) is 17.0 Å². The summed E-state index contributed by atoms with van der Waals surface area (Å²) in [6.07, 6.45) is 2.03. The predicted molar refractivity (Wildman–Crippen MR) is 114 cm³/mol. The van der Waals surface area contributed by atoms with Gasteiger partial charge in [-0.2, -0.15) is 9.57 Å². The zero-order valence-corrected chi connectivity index (χ0v) is 18.2. The van der Waals surface area contributed by atoms with Gasteiger partial charge in [-0.25, -0.2) is 8.42 Å². The number of nitrogens with one attached hydrogen (secondary N) is 1. The van der Waals surface area contributed by atoms with E-state index >= 15 is 0 Å². The molecule has 2 amide bonds. The highest BCUT2D eigenvalue weighted by Gasteiger charge is 2.27. The largest absolute Gasteiger partial charge is 0.349 e. The van der Waals surface area contributed by atoms with Crippen LogP contribution in [0, 0.1) is 11.3 Å². The average molecular weight is 441 g/mol. The van der Waals surface area contributed by atoms with E-state index in [1.807, 2.05) is 6.07 Å².